The summed E-state index contributed by atoms with van der Waals surface area (Å²) in [6.45, 7) is 12.4. The van der Waals surface area contributed by atoms with Crippen LogP contribution in [0.2, 0.25) is 0 Å². The van der Waals surface area contributed by atoms with Crippen molar-refractivity contribution in [2.45, 2.75) is 137 Å². The Bertz CT molecular complexity index is 509. The molecule has 1 aliphatic heterocycles. The summed E-state index contributed by atoms with van der Waals surface area (Å²) in [5, 5.41) is 20.7. The molecular formula is C27H53NO5. The normalized spacial score (nSPS) is 19.3. The Hall–Kier alpha value is -1.14. The van der Waals surface area contributed by atoms with Crippen LogP contribution in [0.4, 0.5) is 0 Å². The first-order valence-corrected chi connectivity index (χ1v) is 13.3. The molecule has 0 radical (unpaired) electrons. The van der Waals surface area contributed by atoms with Gasteiger partial charge in [-0.15, -0.1) is 0 Å². The van der Waals surface area contributed by atoms with E-state index in [1.54, 1.807) is 0 Å². The minimum atomic E-state index is -0.718. The number of rotatable bonds is 16. The van der Waals surface area contributed by atoms with Gasteiger partial charge in [-0.05, 0) is 63.3 Å². The highest BCUT2D eigenvalue weighted by Crippen LogP contribution is 2.27. The van der Waals surface area contributed by atoms with Crippen molar-refractivity contribution in [1.82, 2.24) is 5.32 Å². The molecule has 1 rings (SSSR count). The lowest BCUT2D eigenvalue weighted by Crippen LogP contribution is -2.40. The second-order valence-electron chi connectivity index (χ2n) is 10.7. The van der Waals surface area contributed by atoms with Crippen molar-refractivity contribution in [3.8, 4) is 0 Å². The fraction of sp³-hybridized carbons (Fsp3) is 0.926. The number of nitrogens with one attached hydrogen (secondary N) is 1. The Labute approximate surface area is 203 Å². The first-order chi connectivity index (χ1) is 15.6. The number of aliphatic carboxylic acids is 1. The second kappa shape index (κ2) is 19.2. The van der Waals surface area contributed by atoms with E-state index in [1.165, 1.54) is 25.7 Å². The summed E-state index contributed by atoms with van der Waals surface area (Å²) < 4.78 is 5.49. The Morgan fingerprint density at radius 3 is 2.21 bits per heavy atom. The number of ether oxygens (including phenoxy) is 1. The number of piperidine rings is 1. The van der Waals surface area contributed by atoms with Crippen LogP contribution in [-0.2, 0) is 14.3 Å². The van der Waals surface area contributed by atoms with Gasteiger partial charge in [0.15, 0.2) is 0 Å². The van der Waals surface area contributed by atoms with Crippen LogP contribution in [0.15, 0.2) is 0 Å². The molecule has 0 spiro atoms. The van der Waals surface area contributed by atoms with Gasteiger partial charge < -0.3 is 20.3 Å². The lowest BCUT2D eigenvalue weighted by atomic mass is 9.84. The van der Waals surface area contributed by atoms with Crippen molar-refractivity contribution in [2.24, 2.45) is 11.3 Å². The van der Waals surface area contributed by atoms with Gasteiger partial charge in [-0.2, -0.15) is 0 Å². The molecule has 3 N–H and O–H groups in total. The van der Waals surface area contributed by atoms with Gasteiger partial charge in [0.25, 0.3) is 0 Å². The summed E-state index contributed by atoms with van der Waals surface area (Å²) in [4.78, 5) is 22.1. The average molecular weight is 472 g/mol. The third-order valence-corrected chi connectivity index (χ3v) is 6.71. The van der Waals surface area contributed by atoms with Crippen LogP contribution in [-0.4, -0.2) is 47.4 Å². The molecule has 0 saturated carbocycles. The zero-order chi connectivity index (χ0) is 25.1. The summed E-state index contributed by atoms with van der Waals surface area (Å²) in [5.41, 5.74) is 0.495. The minimum Gasteiger partial charge on any atom is -0.481 e. The lowest BCUT2D eigenvalue weighted by Gasteiger charge is -2.27. The van der Waals surface area contributed by atoms with E-state index in [0.29, 0.717) is 30.4 Å². The average Bonchev–Trinajstić information content (AvgIpc) is 2.75. The number of carbonyl (C=O) groups is 2. The van der Waals surface area contributed by atoms with Crippen LogP contribution in [0.1, 0.15) is 125 Å². The number of carboxylic acid groups (broad SMARTS) is 1. The predicted molar refractivity (Wildman–Crippen MR) is 135 cm³/mol. The van der Waals surface area contributed by atoms with Gasteiger partial charge in [-0.1, -0.05) is 66.2 Å². The molecule has 1 fully saturated rings. The van der Waals surface area contributed by atoms with Crippen molar-refractivity contribution in [1.29, 1.82) is 0 Å². The molecule has 0 aromatic heterocycles. The largest absolute Gasteiger partial charge is 0.481 e. The van der Waals surface area contributed by atoms with E-state index in [9.17, 15) is 9.59 Å². The fourth-order valence-electron chi connectivity index (χ4n) is 3.89. The van der Waals surface area contributed by atoms with Gasteiger partial charge in [-0.3, -0.25) is 9.59 Å². The summed E-state index contributed by atoms with van der Waals surface area (Å²) in [5.74, 6) is -0.303. The maximum atomic E-state index is 11.7. The van der Waals surface area contributed by atoms with Gasteiger partial charge in [0, 0.05) is 25.5 Å². The zero-order valence-corrected chi connectivity index (χ0v) is 22.2. The molecule has 0 aromatic carbocycles. The molecule has 33 heavy (non-hydrogen) atoms. The number of hydrogen-bond acceptors (Lipinski definition) is 5. The Morgan fingerprint density at radius 1 is 1.06 bits per heavy atom. The third kappa shape index (κ3) is 20.0. The highest BCUT2D eigenvalue weighted by molar-refractivity contribution is 5.69. The van der Waals surface area contributed by atoms with Crippen LogP contribution in [0.25, 0.3) is 0 Å². The van der Waals surface area contributed by atoms with Crippen LogP contribution in [0, 0.1) is 11.3 Å². The van der Waals surface area contributed by atoms with E-state index >= 15 is 0 Å². The van der Waals surface area contributed by atoms with E-state index in [4.69, 9.17) is 14.9 Å². The Morgan fingerprint density at radius 2 is 1.67 bits per heavy atom. The Balaban J connectivity index is 0.000000728. The molecule has 0 amide bonds. The van der Waals surface area contributed by atoms with Crippen LogP contribution in [0.5, 0.6) is 0 Å². The quantitative estimate of drug-likeness (QED) is 0.186. The number of carbonyl (C=O) groups excluding carboxylic acids is 1. The maximum absolute atomic E-state index is 11.7. The van der Waals surface area contributed by atoms with Gasteiger partial charge >= 0.3 is 11.9 Å². The van der Waals surface area contributed by atoms with Gasteiger partial charge in [-0.25, -0.2) is 0 Å². The molecule has 0 aliphatic carbocycles. The molecule has 6 heteroatoms. The highest BCUT2D eigenvalue weighted by atomic mass is 16.5. The van der Waals surface area contributed by atoms with Gasteiger partial charge in [0.05, 0.1) is 0 Å². The summed E-state index contributed by atoms with van der Waals surface area (Å²) in [6.07, 6.45) is 13.4. The first-order valence-electron chi connectivity index (χ1n) is 13.3. The summed E-state index contributed by atoms with van der Waals surface area (Å²) in [7, 11) is 0. The molecule has 1 saturated heterocycles. The summed E-state index contributed by atoms with van der Waals surface area (Å²) in [6, 6.07) is 0.433. The van der Waals surface area contributed by atoms with Gasteiger partial charge in [0.1, 0.15) is 6.10 Å². The molecule has 0 aromatic rings. The predicted octanol–water partition coefficient (Wildman–Crippen LogP) is 6.10. The molecule has 1 heterocycles. The standard InChI is InChI=1S/C16H29NO4.C11H24O/c1-13-12-14(10-11-17-13)21-16(20)9-7-5-3-2-4-6-8-15(18)19;1-5-11(3,4)8-6-7-10(2)9-12/h13-14,17H,2-12H2,1H3,(H,18,19);10,12H,5-9H2,1-4H3. The second-order valence-corrected chi connectivity index (χ2v) is 10.7. The minimum absolute atomic E-state index is 0.0695. The number of esters is 1. The molecule has 3 atom stereocenters. The molecule has 3 unspecified atom stereocenters. The molecule has 1 aliphatic rings. The van der Waals surface area contributed by atoms with Crippen molar-refractivity contribution in [3.63, 3.8) is 0 Å². The van der Waals surface area contributed by atoms with E-state index in [-0.39, 0.29) is 18.5 Å². The molecule has 0 bridgehead atoms. The van der Waals surface area contributed by atoms with E-state index < -0.39 is 5.97 Å². The summed E-state index contributed by atoms with van der Waals surface area (Å²) >= 11 is 0. The SMILES string of the molecule is CC1CC(OC(=O)CCCCCCCCC(=O)O)CCN1.CCC(C)(C)CCCC(C)CO. The maximum Gasteiger partial charge on any atom is 0.306 e. The fourth-order valence-corrected chi connectivity index (χ4v) is 3.89. The van der Waals surface area contributed by atoms with Crippen molar-refractivity contribution >= 4 is 11.9 Å². The monoisotopic (exact) mass is 471 g/mol. The smallest absolute Gasteiger partial charge is 0.306 e. The van der Waals surface area contributed by atoms with Gasteiger partial charge in [0.2, 0.25) is 0 Å². The van der Waals surface area contributed by atoms with Crippen LogP contribution >= 0.6 is 0 Å². The number of aliphatic hydroxyl groups excluding tert-OH is 1. The lowest BCUT2D eigenvalue weighted by molar-refractivity contribution is -0.150. The number of unbranched alkanes of at least 4 members (excludes halogenated alkanes) is 5. The van der Waals surface area contributed by atoms with E-state index in [2.05, 4.69) is 39.9 Å². The number of hydrogen-bond donors (Lipinski definition) is 3. The molecule has 6 nitrogen and oxygen atoms in total. The molecular weight excluding hydrogens is 418 g/mol. The zero-order valence-electron chi connectivity index (χ0n) is 22.2. The van der Waals surface area contributed by atoms with E-state index in [0.717, 1.165) is 57.9 Å². The number of carboxylic acids is 1. The molecule has 196 valence electrons. The number of aliphatic hydroxyl groups is 1. The van der Waals surface area contributed by atoms with Crippen LogP contribution < -0.4 is 5.32 Å². The first kappa shape index (κ1) is 31.9. The van der Waals surface area contributed by atoms with Crippen molar-refractivity contribution < 1.29 is 24.5 Å². The van der Waals surface area contributed by atoms with Crippen molar-refractivity contribution in [3.05, 3.63) is 0 Å². The Kier molecular flexibility index (Phi) is 18.5. The topological polar surface area (TPSA) is 95.9 Å². The van der Waals surface area contributed by atoms with Crippen LogP contribution in [0.3, 0.4) is 0 Å². The highest BCUT2D eigenvalue weighted by Gasteiger charge is 2.21. The third-order valence-electron chi connectivity index (χ3n) is 6.71. The van der Waals surface area contributed by atoms with E-state index in [1.807, 2.05) is 0 Å². The van der Waals surface area contributed by atoms with Crippen molar-refractivity contribution in [2.75, 3.05) is 13.2 Å².